The molecule has 21 heavy (non-hydrogen) atoms. The SMILES string of the molecule is CCC(C)NC(=O)c1cnc(N2CCN(CC)CC2)cn1. The summed E-state index contributed by atoms with van der Waals surface area (Å²) in [6.45, 7) is 11.3. The Hall–Kier alpha value is -1.69. The second-order valence-electron chi connectivity index (χ2n) is 5.46. The number of hydrogen-bond donors (Lipinski definition) is 1. The molecule has 0 aliphatic carbocycles. The van der Waals surface area contributed by atoms with Gasteiger partial charge in [0.25, 0.3) is 5.91 Å². The predicted octanol–water partition coefficient (Wildman–Crippen LogP) is 1.15. The van der Waals surface area contributed by atoms with E-state index < -0.39 is 0 Å². The molecule has 1 fully saturated rings. The minimum atomic E-state index is -0.154. The lowest BCUT2D eigenvalue weighted by Crippen LogP contribution is -2.46. The summed E-state index contributed by atoms with van der Waals surface area (Å²) in [5, 5.41) is 2.90. The van der Waals surface area contributed by atoms with Gasteiger partial charge in [-0.2, -0.15) is 0 Å². The third-order valence-electron chi connectivity index (χ3n) is 4.00. The summed E-state index contributed by atoms with van der Waals surface area (Å²) in [5.74, 6) is 0.699. The van der Waals surface area contributed by atoms with Crippen LogP contribution in [0.5, 0.6) is 0 Å². The van der Waals surface area contributed by atoms with Crippen molar-refractivity contribution in [3.63, 3.8) is 0 Å². The lowest BCUT2D eigenvalue weighted by Gasteiger charge is -2.34. The first kappa shape index (κ1) is 15.7. The maximum Gasteiger partial charge on any atom is 0.271 e. The number of anilines is 1. The fourth-order valence-electron chi connectivity index (χ4n) is 2.29. The number of carbonyl (C=O) groups is 1. The molecule has 1 aromatic rings. The topological polar surface area (TPSA) is 61.4 Å². The van der Waals surface area contributed by atoms with Crippen molar-refractivity contribution < 1.29 is 4.79 Å². The van der Waals surface area contributed by atoms with Gasteiger partial charge in [0, 0.05) is 32.2 Å². The number of amides is 1. The minimum Gasteiger partial charge on any atom is -0.353 e. The van der Waals surface area contributed by atoms with Crippen LogP contribution in [0.15, 0.2) is 12.4 Å². The molecule has 0 radical (unpaired) electrons. The highest BCUT2D eigenvalue weighted by Gasteiger charge is 2.18. The molecule has 6 heteroatoms. The molecular weight excluding hydrogens is 266 g/mol. The Morgan fingerprint density at radius 3 is 2.48 bits per heavy atom. The smallest absolute Gasteiger partial charge is 0.271 e. The van der Waals surface area contributed by atoms with E-state index in [2.05, 4.69) is 32.0 Å². The zero-order valence-electron chi connectivity index (χ0n) is 13.2. The molecule has 0 spiro atoms. The number of nitrogens with one attached hydrogen (secondary N) is 1. The molecule has 2 rings (SSSR count). The molecule has 1 saturated heterocycles. The number of piperazine rings is 1. The van der Waals surface area contributed by atoms with Crippen LogP contribution in [0.1, 0.15) is 37.7 Å². The van der Waals surface area contributed by atoms with E-state index in [9.17, 15) is 4.79 Å². The molecule has 116 valence electrons. The Kier molecular flexibility index (Phi) is 5.50. The highest BCUT2D eigenvalue weighted by atomic mass is 16.1. The van der Waals surface area contributed by atoms with Crippen molar-refractivity contribution in [1.82, 2.24) is 20.2 Å². The summed E-state index contributed by atoms with van der Waals surface area (Å²) in [6.07, 6.45) is 4.17. The third kappa shape index (κ3) is 4.14. The summed E-state index contributed by atoms with van der Waals surface area (Å²) in [5.41, 5.74) is 0.381. The normalized spacial score (nSPS) is 17.6. The summed E-state index contributed by atoms with van der Waals surface area (Å²) in [7, 11) is 0. The first-order chi connectivity index (χ1) is 10.1. The van der Waals surface area contributed by atoms with Crippen LogP contribution in [0.25, 0.3) is 0 Å². The monoisotopic (exact) mass is 291 g/mol. The van der Waals surface area contributed by atoms with E-state index in [4.69, 9.17) is 0 Å². The fourth-order valence-corrected chi connectivity index (χ4v) is 2.29. The van der Waals surface area contributed by atoms with Crippen molar-refractivity contribution in [1.29, 1.82) is 0 Å². The summed E-state index contributed by atoms with van der Waals surface area (Å²) >= 11 is 0. The highest BCUT2D eigenvalue weighted by Crippen LogP contribution is 2.12. The number of carbonyl (C=O) groups excluding carboxylic acids is 1. The van der Waals surface area contributed by atoms with Crippen molar-refractivity contribution >= 4 is 11.7 Å². The quantitative estimate of drug-likeness (QED) is 0.881. The number of aromatic nitrogens is 2. The second kappa shape index (κ2) is 7.36. The minimum absolute atomic E-state index is 0.154. The van der Waals surface area contributed by atoms with Crippen molar-refractivity contribution in [2.24, 2.45) is 0 Å². The summed E-state index contributed by atoms with van der Waals surface area (Å²) in [6, 6.07) is 0.154. The van der Waals surface area contributed by atoms with Crippen molar-refractivity contribution in [2.75, 3.05) is 37.6 Å². The average Bonchev–Trinajstić information content (AvgIpc) is 2.55. The first-order valence-electron chi connectivity index (χ1n) is 7.74. The number of likely N-dealkylation sites (N-methyl/N-ethyl adjacent to an activating group) is 1. The van der Waals surface area contributed by atoms with Crippen molar-refractivity contribution in [2.45, 2.75) is 33.2 Å². The van der Waals surface area contributed by atoms with Crippen LogP contribution in [0.3, 0.4) is 0 Å². The van der Waals surface area contributed by atoms with E-state index in [0.717, 1.165) is 45.0 Å². The maximum absolute atomic E-state index is 11.9. The van der Waals surface area contributed by atoms with Crippen LogP contribution < -0.4 is 10.2 Å². The van der Waals surface area contributed by atoms with E-state index in [-0.39, 0.29) is 11.9 Å². The van der Waals surface area contributed by atoms with E-state index in [1.165, 1.54) is 0 Å². The molecule has 1 N–H and O–H groups in total. The molecular formula is C15H25N5O. The van der Waals surface area contributed by atoms with Gasteiger partial charge in [-0.05, 0) is 19.9 Å². The van der Waals surface area contributed by atoms with Crippen LogP contribution in [-0.2, 0) is 0 Å². The van der Waals surface area contributed by atoms with Gasteiger partial charge in [0.05, 0.1) is 12.4 Å². The van der Waals surface area contributed by atoms with Crippen molar-refractivity contribution in [3.05, 3.63) is 18.1 Å². The number of nitrogens with zero attached hydrogens (tertiary/aromatic N) is 4. The lowest BCUT2D eigenvalue weighted by atomic mass is 10.2. The van der Waals surface area contributed by atoms with Gasteiger partial charge in [0.1, 0.15) is 11.5 Å². The molecule has 1 aliphatic rings. The van der Waals surface area contributed by atoms with Crippen LogP contribution >= 0.6 is 0 Å². The largest absolute Gasteiger partial charge is 0.353 e. The Morgan fingerprint density at radius 1 is 1.24 bits per heavy atom. The van der Waals surface area contributed by atoms with Gasteiger partial charge in [-0.25, -0.2) is 9.97 Å². The van der Waals surface area contributed by atoms with Gasteiger partial charge in [-0.3, -0.25) is 4.79 Å². The molecule has 6 nitrogen and oxygen atoms in total. The van der Waals surface area contributed by atoms with Gasteiger partial charge in [0.2, 0.25) is 0 Å². The number of hydrogen-bond acceptors (Lipinski definition) is 5. The van der Waals surface area contributed by atoms with E-state index in [1.807, 2.05) is 13.8 Å². The predicted molar refractivity (Wildman–Crippen MR) is 83.6 cm³/mol. The van der Waals surface area contributed by atoms with Crippen LogP contribution in [-0.4, -0.2) is 59.5 Å². The molecule has 1 unspecified atom stereocenters. The van der Waals surface area contributed by atoms with Gasteiger partial charge >= 0.3 is 0 Å². The average molecular weight is 291 g/mol. The Balaban J connectivity index is 1.94. The van der Waals surface area contributed by atoms with Crippen LogP contribution in [0.2, 0.25) is 0 Å². The molecule has 2 heterocycles. The van der Waals surface area contributed by atoms with Crippen LogP contribution in [0.4, 0.5) is 5.82 Å². The van der Waals surface area contributed by atoms with E-state index >= 15 is 0 Å². The maximum atomic E-state index is 11.9. The highest BCUT2D eigenvalue weighted by molar-refractivity contribution is 5.92. The summed E-state index contributed by atoms with van der Waals surface area (Å²) < 4.78 is 0. The molecule has 1 amide bonds. The zero-order chi connectivity index (χ0) is 15.2. The lowest BCUT2D eigenvalue weighted by molar-refractivity contribution is 0.0934. The fraction of sp³-hybridized carbons (Fsp3) is 0.667. The first-order valence-corrected chi connectivity index (χ1v) is 7.74. The molecule has 1 aromatic heterocycles. The van der Waals surface area contributed by atoms with E-state index in [1.54, 1.807) is 12.4 Å². The molecule has 1 atom stereocenters. The van der Waals surface area contributed by atoms with Gasteiger partial charge in [-0.15, -0.1) is 0 Å². The standard InChI is InChI=1S/C15H25N5O/c1-4-12(3)18-15(21)13-10-17-14(11-16-13)20-8-6-19(5-2)7-9-20/h10-12H,4-9H2,1-3H3,(H,18,21). The second-order valence-corrected chi connectivity index (χ2v) is 5.46. The van der Waals surface area contributed by atoms with Crippen LogP contribution in [0, 0.1) is 0 Å². The van der Waals surface area contributed by atoms with Gasteiger partial charge < -0.3 is 15.1 Å². The molecule has 1 aliphatic heterocycles. The van der Waals surface area contributed by atoms with Crippen molar-refractivity contribution in [3.8, 4) is 0 Å². The Morgan fingerprint density at radius 2 is 1.95 bits per heavy atom. The third-order valence-corrected chi connectivity index (χ3v) is 4.00. The molecule has 0 aromatic carbocycles. The molecule has 0 bridgehead atoms. The van der Waals surface area contributed by atoms with Gasteiger partial charge in [0.15, 0.2) is 0 Å². The van der Waals surface area contributed by atoms with Gasteiger partial charge in [-0.1, -0.05) is 13.8 Å². The van der Waals surface area contributed by atoms with E-state index in [0.29, 0.717) is 5.69 Å². The summed E-state index contributed by atoms with van der Waals surface area (Å²) in [4.78, 5) is 25.2. The Labute approximate surface area is 126 Å². The molecule has 0 saturated carbocycles. The Bertz CT molecular complexity index is 454. The zero-order valence-corrected chi connectivity index (χ0v) is 13.2. The number of rotatable bonds is 5.